The molecule has 1 aliphatic heterocycles. The summed E-state index contributed by atoms with van der Waals surface area (Å²) in [6, 6.07) is 0. The van der Waals surface area contributed by atoms with Crippen LogP contribution in [-0.2, 0) is 14.8 Å². The van der Waals surface area contributed by atoms with Gasteiger partial charge in [0.05, 0.1) is 6.26 Å². The molecule has 1 saturated heterocycles. The van der Waals surface area contributed by atoms with Crippen LogP contribution >= 0.6 is 0 Å². The molecule has 1 aliphatic rings. The van der Waals surface area contributed by atoms with Gasteiger partial charge in [0.25, 0.3) is 0 Å². The third kappa shape index (κ3) is 4.57. The van der Waals surface area contributed by atoms with Gasteiger partial charge < -0.3 is 5.32 Å². The van der Waals surface area contributed by atoms with Crippen LogP contribution in [-0.4, -0.2) is 44.5 Å². The molecule has 1 amide bonds. The summed E-state index contributed by atoms with van der Waals surface area (Å²) in [6.07, 6.45) is 2.88. The molecule has 1 heterocycles. The topological polar surface area (TPSA) is 66.5 Å². The number of carbonyl (C=O) groups excluding carboxylic acids is 1. The molecule has 18 heavy (non-hydrogen) atoms. The van der Waals surface area contributed by atoms with E-state index in [1.165, 1.54) is 10.6 Å². The number of nitrogens with one attached hydrogen (secondary N) is 1. The van der Waals surface area contributed by atoms with E-state index in [4.69, 9.17) is 0 Å². The van der Waals surface area contributed by atoms with E-state index >= 15 is 0 Å². The quantitative estimate of drug-likeness (QED) is 0.830. The van der Waals surface area contributed by atoms with Crippen molar-refractivity contribution in [3.63, 3.8) is 0 Å². The standard InChI is InChI=1S/C12H24N2O3S/c1-12(2,3)11(15)13-9-10-5-7-14(8-6-10)18(4,16)17/h10H,5-9H2,1-4H3,(H,13,15). The van der Waals surface area contributed by atoms with E-state index in [1.807, 2.05) is 20.8 Å². The van der Waals surface area contributed by atoms with Gasteiger partial charge in [-0.2, -0.15) is 0 Å². The molecule has 0 aromatic heterocycles. The van der Waals surface area contributed by atoms with Crippen molar-refractivity contribution in [3.05, 3.63) is 0 Å². The average Bonchev–Trinajstić information content (AvgIpc) is 2.24. The fourth-order valence-electron chi connectivity index (χ4n) is 1.95. The Morgan fingerprint density at radius 1 is 1.28 bits per heavy atom. The van der Waals surface area contributed by atoms with Gasteiger partial charge in [0.1, 0.15) is 0 Å². The van der Waals surface area contributed by atoms with Crippen molar-refractivity contribution in [1.82, 2.24) is 9.62 Å². The summed E-state index contributed by atoms with van der Waals surface area (Å²) in [4.78, 5) is 11.7. The number of nitrogens with zero attached hydrogens (tertiary/aromatic N) is 1. The molecule has 0 atom stereocenters. The number of piperidine rings is 1. The Bertz CT molecular complexity index is 390. The summed E-state index contributed by atoms with van der Waals surface area (Å²) in [7, 11) is -3.06. The van der Waals surface area contributed by atoms with Gasteiger partial charge in [0.2, 0.25) is 15.9 Å². The Kier molecular flexibility index (Phi) is 4.78. The lowest BCUT2D eigenvalue weighted by atomic mass is 9.94. The van der Waals surface area contributed by atoms with E-state index in [0.29, 0.717) is 25.6 Å². The first-order valence-electron chi connectivity index (χ1n) is 6.34. The summed E-state index contributed by atoms with van der Waals surface area (Å²) < 4.78 is 24.2. The minimum atomic E-state index is -3.06. The molecule has 1 N–H and O–H groups in total. The lowest BCUT2D eigenvalue weighted by molar-refractivity contribution is -0.128. The molecular formula is C12H24N2O3S. The highest BCUT2D eigenvalue weighted by Crippen LogP contribution is 2.19. The van der Waals surface area contributed by atoms with Crippen LogP contribution in [0.15, 0.2) is 0 Å². The van der Waals surface area contributed by atoms with Crippen LogP contribution in [0.25, 0.3) is 0 Å². The zero-order chi connectivity index (χ0) is 14.0. The Morgan fingerprint density at radius 3 is 2.17 bits per heavy atom. The smallest absolute Gasteiger partial charge is 0.225 e. The van der Waals surface area contributed by atoms with Crippen LogP contribution < -0.4 is 5.32 Å². The first kappa shape index (κ1) is 15.4. The predicted octanol–water partition coefficient (Wildman–Crippen LogP) is 0.820. The van der Waals surface area contributed by atoms with Gasteiger partial charge in [-0.05, 0) is 18.8 Å². The molecule has 1 fully saturated rings. The number of amides is 1. The summed E-state index contributed by atoms with van der Waals surface area (Å²) in [5, 5.41) is 2.94. The van der Waals surface area contributed by atoms with Crippen molar-refractivity contribution in [2.45, 2.75) is 33.6 Å². The van der Waals surface area contributed by atoms with E-state index in [-0.39, 0.29) is 11.3 Å². The second-order valence-corrected chi connectivity index (χ2v) is 8.05. The van der Waals surface area contributed by atoms with Gasteiger partial charge in [-0.3, -0.25) is 4.79 Å². The lowest BCUT2D eigenvalue weighted by Gasteiger charge is -2.30. The molecule has 0 unspecified atom stereocenters. The number of sulfonamides is 1. The van der Waals surface area contributed by atoms with E-state index in [2.05, 4.69) is 5.32 Å². The zero-order valence-corrected chi connectivity index (χ0v) is 12.5. The second-order valence-electron chi connectivity index (χ2n) is 6.07. The minimum absolute atomic E-state index is 0.0491. The third-order valence-electron chi connectivity index (χ3n) is 3.27. The number of carbonyl (C=O) groups is 1. The molecule has 0 aromatic rings. The molecule has 5 nitrogen and oxygen atoms in total. The van der Waals surface area contributed by atoms with Gasteiger partial charge in [-0.1, -0.05) is 20.8 Å². The first-order valence-corrected chi connectivity index (χ1v) is 8.19. The lowest BCUT2D eigenvalue weighted by Crippen LogP contribution is -2.43. The number of hydrogen-bond acceptors (Lipinski definition) is 3. The largest absolute Gasteiger partial charge is 0.355 e. The highest BCUT2D eigenvalue weighted by atomic mass is 32.2. The maximum absolute atomic E-state index is 11.7. The summed E-state index contributed by atoms with van der Waals surface area (Å²) in [6.45, 7) is 7.43. The third-order valence-corrected chi connectivity index (χ3v) is 4.58. The van der Waals surface area contributed by atoms with Gasteiger partial charge in [-0.15, -0.1) is 0 Å². The van der Waals surface area contributed by atoms with Gasteiger partial charge >= 0.3 is 0 Å². The average molecular weight is 276 g/mol. The minimum Gasteiger partial charge on any atom is -0.355 e. The number of rotatable bonds is 3. The van der Waals surface area contributed by atoms with Crippen LogP contribution in [0, 0.1) is 11.3 Å². The van der Waals surface area contributed by atoms with Crippen LogP contribution in [0.1, 0.15) is 33.6 Å². The fourth-order valence-corrected chi connectivity index (χ4v) is 2.82. The molecule has 106 valence electrons. The van der Waals surface area contributed by atoms with Crippen LogP contribution in [0.2, 0.25) is 0 Å². The highest BCUT2D eigenvalue weighted by molar-refractivity contribution is 7.88. The maximum atomic E-state index is 11.7. The molecule has 6 heteroatoms. The Balaban J connectivity index is 2.35. The van der Waals surface area contributed by atoms with Crippen molar-refractivity contribution < 1.29 is 13.2 Å². The van der Waals surface area contributed by atoms with Crippen LogP contribution in [0.5, 0.6) is 0 Å². The van der Waals surface area contributed by atoms with Crippen molar-refractivity contribution in [2.75, 3.05) is 25.9 Å². The van der Waals surface area contributed by atoms with Gasteiger partial charge in [0.15, 0.2) is 0 Å². The molecule has 0 aromatic carbocycles. The Labute approximate surface area is 110 Å². The second kappa shape index (κ2) is 5.57. The van der Waals surface area contributed by atoms with E-state index in [9.17, 15) is 13.2 Å². The summed E-state index contributed by atoms with van der Waals surface area (Å²) in [5.41, 5.74) is -0.368. The van der Waals surface area contributed by atoms with Crippen LogP contribution in [0.3, 0.4) is 0 Å². The molecule has 1 rings (SSSR count). The first-order chi connectivity index (χ1) is 8.10. The predicted molar refractivity (Wildman–Crippen MR) is 71.6 cm³/mol. The van der Waals surface area contributed by atoms with Crippen molar-refractivity contribution in [3.8, 4) is 0 Å². The molecule has 0 bridgehead atoms. The van der Waals surface area contributed by atoms with Gasteiger partial charge in [-0.25, -0.2) is 12.7 Å². The summed E-state index contributed by atoms with van der Waals surface area (Å²) >= 11 is 0. The molecule has 0 radical (unpaired) electrons. The van der Waals surface area contributed by atoms with Crippen LogP contribution in [0.4, 0.5) is 0 Å². The zero-order valence-electron chi connectivity index (χ0n) is 11.7. The summed E-state index contributed by atoms with van der Waals surface area (Å²) in [5.74, 6) is 0.433. The van der Waals surface area contributed by atoms with E-state index in [0.717, 1.165) is 12.8 Å². The maximum Gasteiger partial charge on any atom is 0.225 e. The molecule has 0 spiro atoms. The molecular weight excluding hydrogens is 252 g/mol. The van der Waals surface area contributed by atoms with Crippen molar-refractivity contribution in [1.29, 1.82) is 0 Å². The Hall–Kier alpha value is -0.620. The number of hydrogen-bond donors (Lipinski definition) is 1. The van der Waals surface area contributed by atoms with Crippen molar-refractivity contribution >= 4 is 15.9 Å². The van der Waals surface area contributed by atoms with E-state index < -0.39 is 10.0 Å². The SMILES string of the molecule is CC(C)(C)C(=O)NCC1CCN(S(C)(=O)=O)CC1. The molecule has 0 saturated carbocycles. The normalized spacial score (nSPS) is 19.8. The monoisotopic (exact) mass is 276 g/mol. The van der Waals surface area contributed by atoms with E-state index in [1.54, 1.807) is 0 Å². The van der Waals surface area contributed by atoms with Crippen molar-refractivity contribution in [2.24, 2.45) is 11.3 Å². The fraction of sp³-hybridized carbons (Fsp3) is 0.917. The van der Waals surface area contributed by atoms with Gasteiger partial charge in [0, 0.05) is 25.0 Å². The Morgan fingerprint density at radius 2 is 1.78 bits per heavy atom. The highest BCUT2D eigenvalue weighted by Gasteiger charge is 2.26. The molecule has 0 aliphatic carbocycles.